The Balaban J connectivity index is 2.37. The highest BCUT2D eigenvalue weighted by atomic mass is 32.2. The molecule has 2 aromatic carbocycles. The zero-order chi connectivity index (χ0) is 16.3. The summed E-state index contributed by atoms with van der Waals surface area (Å²) in [5.74, 6) is -1.22. The molecule has 0 heterocycles. The van der Waals surface area contributed by atoms with Gasteiger partial charge in [-0.1, -0.05) is 0 Å². The van der Waals surface area contributed by atoms with E-state index in [9.17, 15) is 9.00 Å². The van der Waals surface area contributed by atoms with Gasteiger partial charge in [-0.05, 0) is 36.4 Å². The second-order valence-electron chi connectivity index (χ2n) is 4.25. The van der Waals surface area contributed by atoms with Crippen LogP contribution in [0.1, 0.15) is 10.4 Å². The van der Waals surface area contributed by atoms with Gasteiger partial charge < -0.3 is 21.1 Å². The molecule has 9 heteroatoms. The standard InChI is InChI=1S/C13H12N4O4S/c14-7-5-10(13(18)19)12(11(15)6-7)17-16-8-1-3-9(4-2-8)22(20)21/h1-6H,14-15H2,(H,18,19)(H,20,21). The number of nitrogen functional groups attached to an aromatic ring is 2. The molecule has 6 N–H and O–H groups in total. The van der Waals surface area contributed by atoms with Crippen molar-refractivity contribution in [3.05, 3.63) is 42.0 Å². The highest BCUT2D eigenvalue weighted by molar-refractivity contribution is 7.79. The summed E-state index contributed by atoms with van der Waals surface area (Å²) >= 11 is -2.08. The van der Waals surface area contributed by atoms with Crippen molar-refractivity contribution in [3.8, 4) is 0 Å². The molecule has 22 heavy (non-hydrogen) atoms. The fraction of sp³-hybridized carbons (Fsp3) is 0. The van der Waals surface area contributed by atoms with Gasteiger partial charge >= 0.3 is 5.97 Å². The van der Waals surface area contributed by atoms with Crippen LogP contribution < -0.4 is 11.5 Å². The van der Waals surface area contributed by atoms with Crippen LogP contribution >= 0.6 is 0 Å². The molecule has 0 spiro atoms. The number of carboxylic acids is 1. The highest BCUT2D eigenvalue weighted by Crippen LogP contribution is 2.31. The van der Waals surface area contributed by atoms with E-state index in [0.717, 1.165) is 0 Å². The van der Waals surface area contributed by atoms with Gasteiger partial charge in [0, 0.05) is 5.69 Å². The van der Waals surface area contributed by atoms with Crippen LogP contribution in [0.4, 0.5) is 22.7 Å². The average molecular weight is 320 g/mol. The van der Waals surface area contributed by atoms with Gasteiger partial charge in [0.05, 0.1) is 21.8 Å². The maximum Gasteiger partial charge on any atom is 0.338 e. The van der Waals surface area contributed by atoms with Crippen LogP contribution in [0.2, 0.25) is 0 Å². The van der Waals surface area contributed by atoms with Crippen LogP contribution in [-0.2, 0) is 11.1 Å². The minimum absolute atomic E-state index is 0.00323. The molecule has 0 aliphatic heterocycles. The maximum absolute atomic E-state index is 11.2. The maximum atomic E-state index is 11.2. The van der Waals surface area contributed by atoms with Crippen LogP contribution in [0.3, 0.4) is 0 Å². The molecule has 0 amide bonds. The molecular formula is C13H12N4O4S. The summed E-state index contributed by atoms with van der Waals surface area (Å²) in [6.45, 7) is 0. The van der Waals surface area contributed by atoms with Gasteiger partial charge in [-0.25, -0.2) is 9.00 Å². The summed E-state index contributed by atoms with van der Waals surface area (Å²) in [6, 6.07) is 8.40. The average Bonchev–Trinajstić information content (AvgIpc) is 2.45. The lowest BCUT2D eigenvalue weighted by molar-refractivity contribution is 0.0698. The Morgan fingerprint density at radius 1 is 1.09 bits per heavy atom. The molecule has 0 aliphatic rings. The number of aromatic carboxylic acids is 1. The Hall–Kier alpha value is -2.78. The fourth-order valence-corrected chi connectivity index (χ4v) is 2.06. The molecule has 8 nitrogen and oxygen atoms in total. The lowest BCUT2D eigenvalue weighted by Gasteiger charge is -2.05. The number of rotatable bonds is 4. The summed E-state index contributed by atoms with van der Waals surface area (Å²) in [5.41, 5.74) is 11.8. The third kappa shape index (κ3) is 3.45. The van der Waals surface area contributed by atoms with Crippen LogP contribution in [0.5, 0.6) is 0 Å². The van der Waals surface area contributed by atoms with Crippen LogP contribution in [0.25, 0.3) is 0 Å². The molecule has 0 saturated carbocycles. The van der Waals surface area contributed by atoms with E-state index in [4.69, 9.17) is 21.1 Å². The summed E-state index contributed by atoms with van der Waals surface area (Å²) in [5, 5.41) is 16.8. The topological polar surface area (TPSA) is 151 Å². The van der Waals surface area contributed by atoms with Gasteiger partial charge in [-0.3, -0.25) is 0 Å². The molecule has 0 fully saturated rings. The Labute approximate surface area is 127 Å². The first kappa shape index (κ1) is 15.6. The third-order valence-corrected chi connectivity index (χ3v) is 3.37. The van der Waals surface area contributed by atoms with Crippen molar-refractivity contribution >= 4 is 39.8 Å². The van der Waals surface area contributed by atoms with Crippen molar-refractivity contribution in [3.63, 3.8) is 0 Å². The first-order valence-electron chi connectivity index (χ1n) is 5.93. The lowest BCUT2D eigenvalue weighted by atomic mass is 10.1. The number of benzene rings is 2. The van der Waals surface area contributed by atoms with Crippen molar-refractivity contribution < 1.29 is 18.7 Å². The van der Waals surface area contributed by atoms with E-state index in [1.807, 2.05) is 0 Å². The number of carboxylic acid groups (broad SMARTS) is 1. The normalized spacial score (nSPS) is 12.4. The summed E-state index contributed by atoms with van der Waals surface area (Å²) in [7, 11) is 0. The molecule has 0 saturated heterocycles. The van der Waals surface area contributed by atoms with Crippen molar-refractivity contribution in [2.45, 2.75) is 4.90 Å². The zero-order valence-corrected chi connectivity index (χ0v) is 11.9. The fourth-order valence-electron chi connectivity index (χ4n) is 1.69. The monoisotopic (exact) mass is 320 g/mol. The highest BCUT2D eigenvalue weighted by Gasteiger charge is 2.14. The van der Waals surface area contributed by atoms with Gasteiger partial charge in [0.2, 0.25) is 0 Å². The molecule has 2 rings (SSSR count). The van der Waals surface area contributed by atoms with E-state index >= 15 is 0 Å². The summed E-state index contributed by atoms with van der Waals surface area (Å²) in [6.07, 6.45) is 0. The Kier molecular flexibility index (Phi) is 4.49. The second kappa shape index (κ2) is 6.33. The number of hydrogen-bond acceptors (Lipinski definition) is 6. The molecule has 0 radical (unpaired) electrons. The number of hydrogen-bond donors (Lipinski definition) is 4. The number of carbonyl (C=O) groups is 1. The summed E-state index contributed by atoms with van der Waals surface area (Å²) in [4.78, 5) is 11.4. The molecule has 2 aromatic rings. The largest absolute Gasteiger partial charge is 0.478 e. The first-order valence-corrected chi connectivity index (χ1v) is 7.04. The van der Waals surface area contributed by atoms with E-state index in [1.54, 1.807) is 0 Å². The van der Waals surface area contributed by atoms with E-state index in [1.165, 1.54) is 36.4 Å². The third-order valence-electron chi connectivity index (χ3n) is 2.70. The molecule has 1 unspecified atom stereocenters. The Bertz CT molecular complexity index is 774. The zero-order valence-electron chi connectivity index (χ0n) is 11.1. The Morgan fingerprint density at radius 3 is 2.27 bits per heavy atom. The van der Waals surface area contributed by atoms with E-state index < -0.39 is 17.0 Å². The van der Waals surface area contributed by atoms with Crippen molar-refractivity contribution in [1.82, 2.24) is 0 Å². The van der Waals surface area contributed by atoms with E-state index in [-0.39, 0.29) is 27.5 Å². The number of nitrogens with zero attached hydrogens (tertiary/aromatic N) is 2. The SMILES string of the molecule is Nc1cc(N)c(N=Nc2ccc(S(=O)O)cc2)c(C(=O)O)c1. The number of azo groups is 1. The quantitative estimate of drug-likeness (QED) is 0.386. The number of anilines is 2. The predicted octanol–water partition coefficient (Wildman–Crippen LogP) is 2.55. The lowest BCUT2D eigenvalue weighted by Crippen LogP contribution is -2.01. The van der Waals surface area contributed by atoms with Gasteiger partial charge in [-0.2, -0.15) is 5.11 Å². The predicted molar refractivity (Wildman–Crippen MR) is 81.9 cm³/mol. The second-order valence-corrected chi connectivity index (χ2v) is 5.22. The molecular weight excluding hydrogens is 308 g/mol. The first-order chi connectivity index (χ1) is 10.4. The van der Waals surface area contributed by atoms with Gasteiger partial charge in [0.25, 0.3) is 0 Å². The molecule has 1 atom stereocenters. The smallest absolute Gasteiger partial charge is 0.338 e. The van der Waals surface area contributed by atoms with Gasteiger partial charge in [0.15, 0.2) is 11.1 Å². The minimum Gasteiger partial charge on any atom is -0.478 e. The number of nitrogens with two attached hydrogens (primary N) is 2. The molecule has 0 bridgehead atoms. The van der Waals surface area contributed by atoms with Crippen LogP contribution in [0, 0.1) is 0 Å². The van der Waals surface area contributed by atoms with Gasteiger partial charge in [-0.15, -0.1) is 5.11 Å². The minimum atomic E-state index is -2.08. The summed E-state index contributed by atoms with van der Waals surface area (Å²) < 4.78 is 19.8. The van der Waals surface area contributed by atoms with E-state index in [2.05, 4.69) is 10.2 Å². The molecule has 0 aromatic heterocycles. The van der Waals surface area contributed by atoms with Crippen molar-refractivity contribution in [2.75, 3.05) is 11.5 Å². The van der Waals surface area contributed by atoms with Gasteiger partial charge in [0.1, 0.15) is 5.69 Å². The van der Waals surface area contributed by atoms with Crippen LogP contribution in [0.15, 0.2) is 51.5 Å². The molecule has 114 valence electrons. The van der Waals surface area contributed by atoms with Crippen LogP contribution in [-0.4, -0.2) is 19.8 Å². The van der Waals surface area contributed by atoms with E-state index in [0.29, 0.717) is 5.69 Å². The van der Waals surface area contributed by atoms with Crippen molar-refractivity contribution in [1.29, 1.82) is 0 Å². The van der Waals surface area contributed by atoms with Crippen molar-refractivity contribution in [2.24, 2.45) is 10.2 Å². The molecule has 0 aliphatic carbocycles. The Morgan fingerprint density at radius 2 is 1.73 bits per heavy atom.